The average Bonchev–Trinajstić information content (AvgIpc) is 3.01. The fourth-order valence-corrected chi connectivity index (χ4v) is 2.27. The highest BCUT2D eigenvalue weighted by atomic mass is 16.5. The number of nitrogens with zero attached hydrogens (tertiary/aromatic N) is 2. The maximum Gasteiger partial charge on any atom is 0.408 e. The first-order chi connectivity index (χ1) is 11.5. The second-order valence-corrected chi connectivity index (χ2v) is 5.69. The van der Waals surface area contributed by atoms with Gasteiger partial charge >= 0.3 is 12.1 Å². The molecule has 1 aromatic heterocycles. The Bertz CT molecular complexity index is 682. The summed E-state index contributed by atoms with van der Waals surface area (Å²) in [5.41, 5.74) is 0.830. The molecule has 1 atom stereocenters. The maximum absolute atomic E-state index is 11.9. The van der Waals surface area contributed by atoms with Gasteiger partial charge in [-0.25, -0.2) is 14.6 Å². The highest BCUT2D eigenvalue weighted by molar-refractivity contribution is 5.79. The monoisotopic (exact) mass is 331 g/mol. The van der Waals surface area contributed by atoms with Gasteiger partial charge in [0.05, 0.1) is 6.54 Å². The van der Waals surface area contributed by atoms with Crippen molar-refractivity contribution < 1.29 is 19.4 Å². The van der Waals surface area contributed by atoms with Crippen LogP contribution < -0.4 is 5.32 Å². The Morgan fingerprint density at radius 1 is 1.29 bits per heavy atom. The number of aromatic nitrogens is 2. The summed E-state index contributed by atoms with van der Waals surface area (Å²) in [6.07, 6.45) is 2.54. The van der Waals surface area contributed by atoms with Gasteiger partial charge in [-0.2, -0.15) is 0 Å². The zero-order valence-electron chi connectivity index (χ0n) is 13.7. The number of ether oxygens (including phenoxy) is 1. The van der Waals surface area contributed by atoms with E-state index < -0.39 is 18.1 Å². The molecule has 1 heterocycles. The van der Waals surface area contributed by atoms with Crippen LogP contribution in [-0.4, -0.2) is 32.8 Å². The van der Waals surface area contributed by atoms with Gasteiger partial charge in [0.2, 0.25) is 0 Å². The van der Waals surface area contributed by atoms with E-state index in [-0.39, 0.29) is 19.1 Å². The third-order valence-electron chi connectivity index (χ3n) is 3.45. The quantitative estimate of drug-likeness (QED) is 0.812. The van der Waals surface area contributed by atoms with Gasteiger partial charge < -0.3 is 19.7 Å². The lowest BCUT2D eigenvalue weighted by Crippen LogP contribution is -2.44. The number of aliphatic carboxylic acids is 1. The molecule has 0 aliphatic carbocycles. The fourth-order valence-electron chi connectivity index (χ4n) is 2.27. The molecule has 0 aliphatic rings. The van der Waals surface area contributed by atoms with Crippen molar-refractivity contribution in [3.8, 4) is 0 Å². The van der Waals surface area contributed by atoms with E-state index in [9.17, 15) is 14.7 Å². The summed E-state index contributed by atoms with van der Waals surface area (Å²) in [5.74, 6) is -0.213. The molecule has 2 rings (SSSR count). The van der Waals surface area contributed by atoms with Crippen molar-refractivity contribution in [1.29, 1.82) is 0 Å². The van der Waals surface area contributed by atoms with E-state index in [1.54, 1.807) is 17.0 Å². The van der Waals surface area contributed by atoms with Crippen molar-refractivity contribution in [3.63, 3.8) is 0 Å². The topological polar surface area (TPSA) is 93.5 Å². The number of carboxylic acids is 1. The molecule has 2 aromatic rings. The predicted molar refractivity (Wildman–Crippen MR) is 87.5 cm³/mol. The summed E-state index contributed by atoms with van der Waals surface area (Å²) < 4.78 is 6.79. The Kier molecular flexibility index (Phi) is 5.95. The van der Waals surface area contributed by atoms with E-state index >= 15 is 0 Å². The second kappa shape index (κ2) is 8.14. The molecule has 0 radical (unpaired) electrons. The summed E-state index contributed by atoms with van der Waals surface area (Å²) in [6.45, 7) is 4.11. The number of amides is 1. The molecular weight excluding hydrogens is 310 g/mol. The average molecular weight is 331 g/mol. The Morgan fingerprint density at radius 2 is 2.00 bits per heavy atom. The molecule has 7 nitrogen and oxygen atoms in total. The molecule has 1 aromatic carbocycles. The van der Waals surface area contributed by atoms with Crippen LogP contribution >= 0.6 is 0 Å². The standard InChI is InChI=1S/C17H21N3O4/c1-12(2)15-18-8-9-20(15)10-14(16(21)22)19-17(23)24-11-13-6-4-3-5-7-13/h3-9,12,14H,10-11H2,1-2H3,(H,19,23)(H,21,22). The van der Waals surface area contributed by atoms with Crippen LogP contribution in [0.3, 0.4) is 0 Å². The summed E-state index contributed by atoms with van der Waals surface area (Å²) in [5, 5.41) is 11.7. The van der Waals surface area contributed by atoms with Gasteiger partial charge in [-0.1, -0.05) is 44.2 Å². The Labute approximate surface area is 140 Å². The van der Waals surface area contributed by atoms with Crippen molar-refractivity contribution in [2.45, 2.75) is 39.0 Å². The minimum Gasteiger partial charge on any atom is -0.480 e. The number of carbonyl (C=O) groups is 2. The van der Waals surface area contributed by atoms with E-state index in [0.717, 1.165) is 11.4 Å². The van der Waals surface area contributed by atoms with Gasteiger partial charge in [0.25, 0.3) is 0 Å². The zero-order chi connectivity index (χ0) is 17.5. The maximum atomic E-state index is 11.9. The number of carbonyl (C=O) groups excluding carboxylic acids is 1. The van der Waals surface area contributed by atoms with Crippen molar-refractivity contribution in [1.82, 2.24) is 14.9 Å². The van der Waals surface area contributed by atoms with Crippen molar-refractivity contribution in [2.75, 3.05) is 0 Å². The summed E-state index contributed by atoms with van der Waals surface area (Å²) >= 11 is 0. The van der Waals surface area contributed by atoms with Crippen LogP contribution in [0.25, 0.3) is 0 Å². The SMILES string of the molecule is CC(C)c1nccn1CC(NC(=O)OCc1ccccc1)C(=O)O. The lowest BCUT2D eigenvalue weighted by atomic mass is 10.2. The number of carboxylic acid groups (broad SMARTS) is 1. The molecular formula is C17H21N3O4. The van der Waals surface area contributed by atoms with Crippen LogP contribution in [0.1, 0.15) is 31.2 Å². The molecule has 0 bridgehead atoms. The van der Waals surface area contributed by atoms with Crippen LogP contribution in [0.2, 0.25) is 0 Å². The number of nitrogens with one attached hydrogen (secondary N) is 1. The molecule has 1 amide bonds. The summed E-state index contributed by atoms with van der Waals surface area (Å²) in [4.78, 5) is 27.5. The number of hydrogen-bond acceptors (Lipinski definition) is 4. The number of imidazole rings is 1. The number of hydrogen-bond donors (Lipinski definition) is 2. The molecule has 0 fully saturated rings. The molecule has 0 saturated heterocycles. The fraction of sp³-hybridized carbons (Fsp3) is 0.353. The molecule has 2 N–H and O–H groups in total. The van der Waals surface area contributed by atoms with Crippen LogP contribution in [0.4, 0.5) is 4.79 Å². The van der Waals surface area contributed by atoms with Gasteiger partial charge in [-0.05, 0) is 5.56 Å². The predicted octanol–water partition coefficient (Wildman–Crippen LogP) is 2.39. The Hall–Kier alpha value is -2.83. The number of alkyl carbamates (subject to hydrolysis) is 1. The first-order valence-corrected chi connectivity index (χ1v) is 7.68. The van der Waals surface area contributed by atoms with Gasteiger partial charge in [0, 0.05) is 18.3 Å². The minimum atomic E-state index is -1.13. The first kappa shape index (κ1) is 17.5. The Balaban J connectivity index is 1.94. The molecule has 0 saturated carbocycles. The van der Waals surface area contributed by atoms with E-state index in [4.69, 9.17) is 4.74 Å². The van der Waals surface area contributed by atoms with Gasteiger partial charge in [0.15, 0.2) is 0 Å². The van der Waals surface area contributed by atoms with Crippen LogP contribution in [0.5, 0.6) is 0 Å². The first-order valence-electron chi connectivity index (χ1n) is 7.68. The number of rotatable bonds is 7. The lowest BCUT2D eigenvalue weighted by molar-refractivity contribution is -0.139. The molecule has 1 unspecified atom stereocenters. The third-order valence-corrected chi connectivity index (χ3v) is 3.45. The van der Waals surface area contributed by atoms with Crippen molar-refractivity contribution in [3.05, 3.63) is 54.1 Å². The van der Waals surface area contributed by atoms with E-state index in [1.165, 1.54) is 0 Å². The smallest absolute Gasteiger partial charge is 0.408 e. The third kappa shape index (κ3) is 4.84. The summed E-state index contributed by atoms with van der Waals surface area (Å²) in [7, 11) is 0. The van der Waals surface area contributed by atoms with Crippen molar-refractivity contribution in [2.24, 2.45) is 0 Å². The minimum absolute atomic E-state index is 0.0847. The zero-order valence-corrected chi connectivity index (χ0v) is 13.7. The van der Waals surface area contributed by atoms with Crippen molar-refractivity contribution >= 4 is 12.1 Å². The van der Waals surface area contributed by atoms with E-state index in [2.05, 4.69) is 10.3 Å². The second-order valence-electron chi connectivity index (χ2n) is 5.69. The Morgan fingerprint density at radius 3 is 2.62 bits per heavy atom. The molecule has 0 spiro atoms. The van der Waals surface area contributed by atoms with Crippen LogP contribution in [0.15, 0.2) is 42.7 Å². The lowest BCUT2D eigenvalue weighted by Gasteiger charge is -2.17. The van der Waals surface area contributed by atoms with Gasteiger partial charge in [-0.15, -0.1) is 0 Å². The molecule has 24 heavy (non-hydrogen) atoms. The summed E-state index contributed by atoms with van der Waals surface area (Å²) in [6, 6.07) is 8.08. The highest BCUT2D eigenvalue weighted by Gasteiger charge is 2.22. The van der Waals surface area contributed by atoms with E-state index in [1.807, 2.05) is 44.2 Å². The van der Waals surface area contributed by atoms with Crippen LogP contribution in [-0.2, 0) is 22.7 Å². The highest BCUT2D eigenvalue weighted by Crippen LogP contribution is 2.12. The van der Waals surface area contributed by atoms with Crippen LogP contribution in [0, 0.1) is 0 Å². The van der Waals surface area contributed by atoms with E-state index in [0.29, 0.717) is 0 Å². The normalized spacial score (nSPS) is 12.0. The molecule has 128 valence electrons. The number of benzene rings is 1. The van der Waals surface area contributed by atoms with Gasteiger partial charge in [0.1, 0.15) is 18.5 Å². The molecule has 7 heteroatoms. The largest absolute Gasteiger partial charge is 0.480 e. The van der Waals surface area contributed by atoms with Gasteiger partial charge in [-0.3, -0.25) is 0 Å². The molecule has 0 aliphatic heterocycles.